The summed E-state index contributed by atoms with van der Waals surface area (Å²) in [5, 5.41) is 22.2. The molecule has 0 spiro atoms. The third-order valence-electron chi connectivity index (χ3n) is 5.00. The normalized spacial score (nSPS) is 17.7. The molecule has 4 rings (SSSR count). The summed E-state index contributed by atoms with van der Waals surface area (Å²) in [6, 6.07) is 20.0. The maximum Gasteiger partial charge on any atom is 0.300 e. The van der Waals surface area contributed by atoms with E-state index in [4.69, 9.17) is 0 Å². The number of halogens is 1. The molecule has 0 aliphatic carbocycles. The second-order valence-corrected chi connectivity index (χ2v) is 7.78. The van der Waals surface area contributed by atoms with Crippen LogP contribution < -0.4 is 4.90 Å². The zero-order chi connectivity index (χ0) is 22.1. The van der Waals surface area contributed by atoms with Crippen molar-refractivity contribution in [1.82, 2.24) is 0 Å². The molecule has 0 saturated carbocycles. The highest BCUT2D eigenvalue weighted by molar-refractivity contribution is 9.10. The molecule has 0 bridgehead atoms. The summed E-state index contributed by atoms with van der Waals surface area (Å²) in [4.78, 5) is 37.9. The number of benzene rings is 3. The smallest absolute Gasteiger partial charge is 0.300 e. The number of rotatable bonds is 4. The molecule has 31 heavy (non-hydrogen) atoms. The number of hydrogen-bond acceptors (Lipinski definition) is 5. The van der Waals surface area contributed by atoms with Crippen LogP contribution in [0.25, 0.3) is 5.76 Å². The lowest BCUT2D eigenvalue weighted by atomic mass is 9.95. The summed E-state index contributed by atoms with van der Waals surface area (Å²) in [5.74, 6) is -2.04. The molecule has 8 heteroatoms. The number of carbonyl (C=O) groups is 2. The zero-order valence-corrected chi connectivity index (χ0v) is 17.5. The molecular formula is C23H15BrN2O5. The Kier molecular flexibility index (Phi) is 5.39. The number of nitro benzene ring substituents is 1. The van der Waals surface area contributed by atoms with E-state index in [2.05, 4.69) is 15.9 Å². The van der Waals surface area contributed by atoms with Gasteiger partial charge in [0.05, 0.1) is 22.2 Å². The zero-order valence-electron chi connectivity index (χ0n) is 15.9. The second kappa shape index (κ2) is 8.16. The highest BCUT2D eigenvalue weighted by atomic mass is 79.9. The highest BCUT2D eigenvalue weighted by Gasteiger charge is 2.47. The highest BCUT2D eigenvalue weighted by Crippen LogP contribution is 2.42. The van der Waals surface area contributed by atoms with E-state index in [-0.39, 0.29) is 22.7 Å². The van der Waals surface area contributed by atoms with E-state index in [1.54, 1.807) is 54.6 Å². The standard InChI is InChI=1S/C23H15BrN2O5/c24-16-11-9-14(10-12-16)20-19(21(27)15-5-2-1-3-6-15)22(28)23(29)25(20)17-7-4-8-18(13-17)26(30)31/h1-13,20,27H/b21-19+. The Labute approximate surface area is 185 Å². The van der Waals surface area contributed by atoms with E-state index >= 15 is 0 Å². The van der Waals surface area contributed by atoms with Gasteiger partial charge in [0.15, 0.2) is 0 Å². The molecule has 0 radical (unpaired) electrons. The minimum atomic E-state index is -0.949. The van der Waals surface area contributed by atoms with Gasteiger partial charge in [-0.05, 0) is 23.8 Å². The number of carbonyl (C=O) groups excluding carboxylic acids is 2. The van der Waals surface area contributed by atoms with Gasteiger partial charge in [0.1, 0.15) is 5.76 Å². The Balaban J connectivity index is 1.95. The molecule has 3 aromatic rings. The Hall–Kier alpha value is -3.78. The number of nitrogens with zero attached hydrogens (tertiary/aromatic N) is 2. The molecule has 1 aliphatic rings. The molecule has 1 heterocycles. The predicted octanol–water partition coefficient (Wildman–Crippen LogP) is 4.98. The van der Waals surface area contributed by atoms with Gasteiger partial charge < -0.3 is 5.11 Å². The fourth-order valence-corrected chi connectivity index (χ4v) is 3.83. The van der Waals surface area contributed by atoms with Crippen LogP contribution in [0.15, 0.2) is 88.9 Å². The topological polar surface area (TPSA) is 101 Å². The second-order valence-electron chi connectivity index (χ2n) is 6.86. The summed E-state index contributed by atoms with van der Waals surface area (Å²) in [6.45, 7) is 0. The molecule has 0 aromatic heterocycles. The third kappa shape index (κ3) is 3.73. The number of aliphatic hydroxyl groups is 1. The Bertz CT molecular complexity index is 1220. The van der Waals surface area contributed by atoms with E-state index in [1.165, 1.54) is 29.2 Å². The molecule has 1 atom stereocenters. The van der Waals surface area contributed by atoms with E-state index in [0.29, 0.717) is 11.1 Å². The van der Waals surface area contributed by atoms with Crippen LogP contribution in [0.5, 0.6) is 0 Å². The van der Waals surface area contributed by atoms with Crippen LogP contribution in [0.4, 0.5) is 11.4 Å². The molecule has 1 saturated heterocycles. The predicted molar refractivity (Wildman–Crippen MR) is 118 cm³/mol. The summed E-state index contributed by atoms with van der Waals surface area (Å²) in [7, 11) is 0. The lowest BCUT2D eigenvalue weighted by Gasteiger charge is -2.25. The molecule has 3 aromatic carbocycles. The minimum absolute atomic E-state index is 0.0787. The largest absolute Gasteiger partial charge is 0.507 e. The van der Waals surface area contributed by atoms with Crippen molar-refractivity contribution in [3.05, 3.63) is 110 Å². The van der Waals surface area contributed by atoms with Crippen LogP contribution in [-0.4, -0.2) is 21.7 Å². The number of aliphatic hydroxyl groups excluding tert-OH is 1. The van der Waals surface area contributed by atoms with Crippen LogP contribution in [0.2, 0.25) is 0 Å². The van der Waals surface area contributed by atoms with Gasteiger partial charge in [-0.15, -0.1) is 0 Å². The Morgan fingerprint density at radius 2 is 1.65 bits per heavy atom. The molecule has 154 valence electrons. The van der Waals surface area contributed by atoms with E-state index in [1.807, 2.05) is 0 Å². The average molecular weight is 479 g/mol. The third-order valence-corrected chi connectivity index (χ3v) is 5.52. The van der Waals surface area contributed by atoms with Gasteiger partial charge in [-0.1, -0.05) is 64.5 Å². The first-order chi connectivity index (χ1) is 14.9. The fourth-order valence-electron chi connectivity index (χ4n) is 3.57. The van der Waals surface area contributed by atoms with Crippen LogP contribution in [0.1, 0.15) is 17.2 Å². The van der Waals surface area contributed by atoms with Gasteiger partial charge in [-0.2, -0.15) is 0 Å². The van der Waals surface area contributed by atoms with Crippen LogP contribution in [0, 0.1) is 10.1 Å². The summed E-state index contributed by atoms with van der Waals surface area (Å²) in [5.41, 5.74) is 0.867. The van der Waals surface area contributed by atoms with Crippen molar-refractivity contribution in [2.45, 2.75) is 6.04 Å². The van der Waals surface area contributed by atoms with Gasteiger partial charge in [0.25, 0.3) is 17.4 Å². The monoisotopic (exact) mass is 478 g/mol. The molecule has 1 N–H and O–H groups in total. The average Bonchev–Trinajstić information content (AvgIpc) is 3.05. The van der Waals surface area contributed by atoms with Crippen molar-refractivity contribution in [1.29, 1.82) is 0 Å². The first-order valence-electron chi connectivity index (χ1n) is 9.25. The van der Waals surface area contributed by atoms with Crippen LogP contribution >= 0.6 is 15.9 Å². The Morgan fingerprint density at radius 3 is 2.29 bits per heavy atom. The molecule has 1 aliphatic heterocycles. The number of non-ortho nitro benzene ring substituents is 1. The number of anilines is 1. The number of nitro groups is 1. The molecule has 1 amide bonds. The van der Waals surface area contributed by atoms with Gasteiger partial charge in [0, 0.05) is 22.2 Å². The van der Waals surface area contributed by atoms with E-state index in [0.717, 1.165) is 4.47 Å². The van der Waals surface area contributed by atoms with Crippen molar-refractivity contribution < 1.29 is 19.6 Å². The van der Waals surface area contributed by atoms with Crippen LogP contribution in [0.3, 0.4) is 0 Å². The number of Topliss-reactive ketones (excluding diaryl/α,β-unsaturated/α-hetero) is 1. The van der Waals surface area contributed by atoms with Crippen molar-refractivity contribution in [3.63, 3.8) is 0 Å². The summed E-state index contributed by atoms with van der Waals surface area (Å²) in [6.07, 6.45) is 0. The van der Waals surface area contributed by atoms with Crippen molar-refractivity contribution in [2.75, 3.05) is 4.90 Å². The molecule has 1 unspecified atom stereocenters. The van der Waals surface area contributed by atoms with Crippen molar-refractivity contribution in [2.24, 2.45) is 0 Å². The maximum absolute atomic E-state index is 13.0. The van der Waals surface area contributed by atoms with E-state index < -0.39 is 22.7 Å². The molecule has 7 nitrogen and oxygen atoms in total. The molecular weight excluding hydrogens is 464 g/mol. The maximum atomic E-state index is 13.0. The number of ketones is 1. The van der Waals surface area contributed by atoms with Gasteiger partial charge in [-0.3, -0.25) is 24.6 Å². The van der Waals surface area contributed by atoms with Gasteiger partial charge in [0.2, 0.25) is 0 Å². The quantitative estimate of drug-likeness (QED) is 0.187. The number of hydrogen-bond donors (Lipinski definition) is 1. The lowest BCUT2D eigenvalue weighted by Crippen LogP contribution is -2.29. The van der Waals surface area contributed by atoms with E-state index in [9.17, 15) is 24.8 Å². The number of amides is 1. The van der Waals surface area contributed by atoms with Crippen molar-refractivity contribution >= 4 is 44.8 Å². The first kappa shape index (κ1) is 20.5. The molecule has 1 fully saturated rings. The SMILES string of the molecule is O=C1C(=O)N(c2cccc([N+](=O)[O-])c2)C(c2ccc(Br)cc2)/C1=C(\O)c1ccccc1. The fraction of sp³-hybridized carbons (Fsp3) is 0.0435. The van der Waals surface area contributed by atoms with Crippen LogP contribution in [-0.2, 0) is 9.59 Å². The van der Waals surface area contributed by atoms with Crippen molar-refractivity contribution in [3.8, 4) is 0 Å². The first-order valence-corrected chi connectivity index (χ1v) is 10.0. The van der Waals surface area contributed by atoms with Gasteiger partial charge >= 0.3 is 0 Å². The minimum Gasteiger partial charge on any atom is -0.507 e. The summed E-state index contributed by atoms with van der Waals surface area (Å²) >= 11 is 3.36. The summed E-state index contributed by atoms with van der Waals surface area (Å²) < 4.78 is 0.798. The lowest BCUT2D eigenvalue weighted by molar-refractivity contribution is -0.384. The van der Waals surface area contributed by atoms with Gasteiger partial charge in [-0.25, -0.2) is 0 Å². The Morgan fingerprint density at radius 1 is 0.968 bits per heavy atom.